The Morgan fingerprint density at radius 1 is 1.28 bits per heavy atom. The van der Waals surface area contributed by atoms with Gasteiger partial charge in [-0.2, -0.15) is 5.10 Å². The van der Waals surface area contributed by atoms with Gasteiger partial charge in [-0.15, -0.1) is 0 Å². The van der Waals surface area contributed by atoms with Crippen LogP contribution in [0.4, 0.5) is 0 Å². The molecule has 0 fully saturated rings. The summed E-state index contributed by atoms with van der Waals surface area (Å²) in [5.41, 5.74) is 2.83. The fraction of sp³-hybridized carbons (Fsp3) is 0.286. The molecule has 4 heteroatoms. The van der Waals surface area contributed by atoms with Crippen molar-refractivity contribution in [2.75, 3.05) is 0 Å². The van der Waals surface area contributed by atoms with Crippen LogP contribution >= 0.6 is 0 Å². The van der Waals surface area contributed by atoms with Gasteiger partial charge in [0, 0.05) is 5.56 Å². The average Bonchev–Trinajstić information content (AvgIpc) is 2.74. The molecule has 2 aromatic rings. The van der Waals surface area contributed by atoms with E-state index < -0.39 is 5.97 Å². The number of carbonyl (C=O) groups is 1. The number of aromatic carboxylic acids is 1. The van der Waals surface area contributed by atoms with Crippen molar-refractivity contribution in [3.05, 3.63) is 47.3 Å². The number of hydrogen-bond donors (Lipinski definition) is 0. The highest BCUT2D eigenvalue weighted by Gasteiger charge is 2.15. The molecule has 0 saturated carbocycles. The van der Waals surface area contributed by atoms with Gasteiger partial charge in [0.05, 0.1) is 23.5 Å². The fourth-order valence-electron chi connectivity index (χ4n) is 1.96. The molecule has 0 aliphatic heterocycles. The molecule has 4 nitrogen and oxygen atoms in total. The van der Waals surface area contributed by atoms with E-state index in [2.05, 4.69) is 5.10 Å². The summed E-state index contributed by atoms with van der Waals surface area (Å²) >= 11 is 0. The van der Waals surface area contributed by atoms with Crippen molar-refractivity contribution >= 4 is 5.97 Å². The van der Waals surface area contributed by atoms with Crippen LogP contribution in [-0.2, 0) is 0 Å². The molecule has 0 aliphatic rings. The summed E-state index contributed by atoms with van der Waals surface area (Å²) in [5, 5.41) is 15.2. The number of rotatable bonds is 3. The van der Waals surface area contributed by atoms with E-state index in [4.69, 9.17) is 0 Å². The Balaban J connectivity index is 2.57. The summed E-state index contributed by atoms with van der Waals surface area (Å²) in [5.74, 6) is -1.13. The molecule has 18 heavy (non-hydrogen) atoms. The molecule has 94 valence electrons. The Bertz CT molecular complexity index is 568. The first kappa shape index (κ1) is 12.4. The third-order valence-corrected chi connectivity index (χ3v) is 2.85. The molecule has 0 bridgehead atoms. The summed E-state index contributed by atoms with van der Waals surface area (Å²) in [4.78, 5) is 11.1. The normalized spacial score (nSPS) is 10.9. The van der Waals surface area contributed by atoms with Gasteiger partial charge in [0.1, 0.15) is 0 Å². The third-order valence-electron chi connectivity index (χ3n) is 2.85. The van der Waals surface area contributed by atoms with Crippen molar-refractivity contribution in [2.45, 2.75) is 26.7 Å². The van der Waals surface area contributed by atoms with Crippen LogP contribution in [0.3, 0.4) is 0 Å². The lowest BCUT2D eigenvalue weighted by Gasteiger charge is -2.13. The first-order chi connectivity index (χ1) is 8.50. The standard InChI is InChI=1S/C14H16N2O2/c1-9(2)13-12(14(17)18)8-15-16(13)11-6-4-10(3)5-7-11/h4-9H,1-3H3,(H,17,18)/p-1. The number of carboxylic acid groups (broad SMARTS) is 1. The van der Waals surface area contributed by atoms with Crippen molar-refractivity contribution in [3.63, 3.8) is 0 Å². The minimum absolute atomic E-state index is 0.0571. The van der Waals surface area contributed by atoms with Gasteiger partial charge < -0.3 is 9.90 Å². The van der Waals surface area contributed by atoms with Gasteiger partial charge >= 0.3 is 0 Å². The van der Waals surface area contributed by atoms with E-state index in [0.717, 1.165) is 11.3 Å². The Morgan fingerprint density at radius 2 is 1.89 bits per heavy atom. The summed E-state index contributed by atoms with van der Waals surface area (Å²) < 4.78 is 1.66. The van der Waals surface area contributed by atoms with Crippen molar-refractivity contribution in [1.29, 1.82) is 0 Å². The lowest BCUT2D eigenvalue weighted by molar-refractivity contribution is -0.255. The van der Waals surface area contributed by atoms with E-state index in [1.54, 1.807) is 4.68 Å². The monoisotopic (exact) mass is 243 g/mol. The molecule has 0 unspecified atom stereocenters. The minimum atomic E-state index is -1.18. The number of aryl methyl sites for hydroxylation is 1. The quantitative estimate of drug-likeness (QED) is 0.823. The summed E-state index contributed by atoms with van der Waals surface area (Å²) in [6, 6.07) is 7.79. The fourth-order valence-corrected chi connectivity index (χ4v) is 1.96. The Hall–Kier alpha value is -2.10. The lowest BCUT2D eigenvalue weighted by Crippen LogP contribution is -2.24. The zero-order valence-electron chi connectivity index (χ0n) is 10.7. The summed E-state index contributed by atoms with van der Waals surface area (Å²) in [6.07, 6.45) is 1.35. The second-order valence-electron chi connectivity index (χ2n) is 4.63. The van der Waals surface area contributed by atoms with Crippen LogP contribution in [0.15, 0.2) is 30.5 Å². The molecular weight excluding hydrogens is 228 g/mol. The van der Waals surface area contributed by atoms with E-state index in [0.29, 0.717) is 5.69 Å². The van der Waals surface area contributed by atoms with Crippen LogP contribution in [0.25, 0.3) is 5.69 Å². The van der Waals surface area contributed by atoms with Gasteiger partial charge in [0.15, 0.2) is 0 Å². The Morgan fingerprint density at radius 3 is 2.39 bits per heavy atom. The highest BCUT2D eigenvalue weighted by Crippen LogP contribution is 2.22. The van der Waals surface area contributed by atoms with Gasteiger partial charge in [-0.1, -0.05) is 31.5 Å². The first-order valence-electron chi connectivity index (χ1n) is 5.87. The van der Waals surface area contributed by atoms with Crippen LogP contribution < -0.4 is 5.11 Å². The second-order valence-corrected chi connectivity index (χ2v) is 4.63. The maximum Gasteiger partial charge on any atom is 0.0749 e. The van der Waals surface area contributed by atoms with Gasteiger partial charge in [-0.3, -0.25) is 0 Å². The van der Waals surface area contributed by atoms with Gasteiger partial charge in [0.2, 0.25) is 0 Å². The third kappa shape index (κ3) is 2.14. The van der Waals surface area contributed by atoms with Crippen LogP contribution in [0.2, 0.25) is 0 Å². The number of carboxylic acids is 1. The zero-order chi connectivity index (χ0) is 13.3. The number of hydrogen-bond acceptors (Lipinski definition) is 3. The van der Waals surface area contributed by atoms with Crippen molar-refractivity contribution < 1.29 is 9.90 Å². The van der Waals surface area contributed by atoms with E-state index in [1.165, 1.54) is 6.20 Å². The average molecular weight is 243 g/mol. The number of carbonyl (C=O) groups excluding carboxylic acids is 1. The summed E-state index contributed by atoms with van der Waals surface area (Å²) in [6.45, 7) is 5.88. The van der Waals surface area contributed by atoms with E-state index >= 15 is 0 Å². The topological polar surface area (TPSA) is 58.0 Å². The summed E-state index contributed by atoms with van der Waals surface area (Å²) in [7, 11) is 0. The molecule has 0 aliphatic carbocycles. The van der Waals surface area contributed by atoms with Gasteiger partial charge in [-0.05, 0) is 25.0 Å². The first-order valence-corrected chi connectivity index (χ1v) is 5.87. The molecule has 0 spiro atoms. The molecule has 0 radical (unpaired) electrons. The molecule has 1 aromatic heterocycles. The highest BCUT2D eigenvalue weighted by atomic mass is 16.4. The van der Waals surface area contributed by atoms with Crippen molar-refractivity contribution in [3.8, 4) is 5.69 Å². The van der Waals surface area contributed by atoms with Crippen molar-refractivity contribution in [1.82, 2.24) is 9.78 Å². The van der Waals surface area contributed by atoms with E-state index in [1.807, 2.05) is 45.0 Å². The largest absolute Gasteiger partial charge is 0.545 e. The van der Waals surface area contributed by atoms with Crippen LogP contribution in [-0.4, -0.2) is 15.7 Å². The molecule has 0 atom stereocenters. The minimum Gasteiger partial charge on any atom is -0.545 e. The predicted octanol–water partition coefficient (Wildman–Crippen LogP) is 1.67. The molecule has 2 rings (SSSR count). The molecular formula is C14H15N2O2-. The van der Waals surface area contributed by atoms with Gasteiger partial charge in [-0.25, -0.2) is 4.68 Å². The van der Waals surface area contributed by atoms with Crippen molar-refractivity contribution in [2.24, 2.45) is 0 Å². The molecule has 0 amide bonds. The number of aromatic nitrogens is 2. The number of nitrogens with zero attached hydrogens (tertiary/aromatic N) is 2. The lowest BCUT2D eigenvalue weighted by atomic mass is 10.1. The smallest absolute Gasteiger partial charge is 0.0749 e. The Kier molecular flexibility index (Phi) is 3.19. The second kappa shape index (κ2) is 4.64. The van der Waals surface area contributed by atoms with Gasteiger partial charge in [0.25, 0.3) is 0 Å². The van der Waals surface area contributed by atoms with Crippen LogP contribution in [0.1, 0.15) is 41.4 Å². The number of benzene rings is 1. The predicted molar refractivity (Wildman–Crippen MR) is 66.7 cm³/mol. The molecule has 0 saturated heterocycles. The maximum atomic E-state index is 11.1. The van der Waals surface area contributed by atoms with E-state index in [-0.39, 0.29) is 11.5 Å². The molecule has 0 N–H and O–H groups in total. The van der Waals surface area contributed by atoms with Crippen LogP contribution in [0, 0.1) is 6.92 Å². The molecule has 1 heterocycles. The zero-order valence-corrected chi connectivity index (χ0v) is 10.7. The maximum absolute atomic E-state index is 11.1. The van der Waals surface area contributed by atoms with E-state index in [9.17, 15) is 9.90 Å². The van der Waals surface area contributed by atoms with Crippen LogP contribution in [0.5, 0.6) is 0 Å². The highest BCUT2D eigenvalue weighted by molar-refractivity contribution is 5.87. The SMILES string of the molecule is Cc1ccc(-n2ncc(C(=O)[O-])c2C(C)C)cc1. The molecule has 1 aromatic carbocycles. The Labute approximate surface area is 106 Å².